The SMILES string of the molecule is Cc1noc(-c2n[nH]c3c2C=CC(c2ccccc2)(c2ccc4c(c2)OCO4)C3)n1. The minimum atomic E-state index is -0.371. The average molecular weight is 398 g/mol. The lowest BCUT2D eigenvalue weighted by atomic mass is 9.68. The number of benzene rings is 2. The number of rotatable bonds is 3. The summed E-state index contributed by atoms with van der Waals surface area (Å²) in [5.41, 5.74) is 4.62. The van der Waals surface area contributed by atoms with E-state index in [1.165, 1.54) is 5.56 Å². The van der Waals surface area contributed by atoms with Gasteiger partial charge in [0.2, 0.25) is 6.79 Å². The molecule has 3 heterocycles. The molecule has 0 fully saturated rings. The Kier molecular flexibility index (Phi) is 3.59. The Morgan fingerprint density at radius 1 is 1.00 bits per heavy atom. The third kappa shape index (κ3) is 2.48. The first kappa shape index (κ1) is 17.0. The maximum Gasteiger partial charge on any atom is 0.279 e. The quantitative estimate of drug-likeness (QED) is 0.560. The van der Waals surface area contributed by atoms with Crippen LogP contribution in [0, 0.1) is 6.92 Å². The smallest absolute Gasteiger partial charge is 0.279 e. The number of aromatic amines is 1. The molecule has 2 aliphatic rings. The Morgan fingerprint density at radius 3 is 2.70 bits per heavy atom. The standard InChI is InChI=1S/C23H18N4O3/c1-14-24-22(30-27-14)21-17-9-10-23(12-18(17)25-26-21,15-5-3-2-4-6-15)16-7-8-19-20(11-16)29-13-28-19/h2-11H,12-13H2,1H3,(H,25,26). The molecule has 1 aliphatic heterocycles. The highest BCUT2D eigenvalue weighted by atomic mass is 16.7. The molecule has 2 aromatic heterocycles. The number of allylic oxidation sites excluding steroid dienone is 1. The van der Waals surface area contributed by atoms with Crippen molar-refractivity contribution in [3.63, 3.8) is 0 Å². The molecule has 1 unspecified atom stereocenters. The molecule has 1 atom stereocenters. The highest BCUT2D eigenvalue weighted by Crippen LogP contribution is 2.45. The number of nitrogens with zero attached hydrogens (tertiary/aromatic N) is 3. The Bertz CT molecular complexity index is 1270. The molecule has 6 rings (SSSR count). The third-order valence-electron chi connectivity index (χ3n) is 5.78. The van der Waals surface area contributed by atoms with Crippen molar-refractivity contribution < 1.29 is 14.0 Å². The van der Waals surface area contributed by atoms with E-state index in [2.05, 4.69) is 68.9 Å². The van der Waals surface area contributed by atoms with Crippen LogP contribution in [0.1, 0.15) is 28.2 Å². The number of H-pyrrole nitrogens is 1. The van der Waals surface area contributed by atoms with Gasteiger partial charge in [0.05, 0.1) is 0 Å². The van der Waals surface area contributed by atoms with Crippen LogP contribution in [-0.2, 0) is 11.8 Å². The molecule has 2 aromatic carbocycles. The predicted molar refractivity (Wildman–Crippen MR) is 109 cm³/mol. The summed E-state index contributed by atoms with van der Waals surface area (Å²) in [5, 5.41) is 11.6. The number of nitrogens with one attached hydrogen (secondary N) is 1. The molecule has 148 valence electrons. The zero-order valence-corrected chi connectivity index (χ0v) is 16.3. The number of aromatic nitrogens is 4. The van der Waals surface area contributed by atoms with Crippen molar-refractivity contribution in [3.05, 3.63) is 82.8 Å². The van der Waals surface area contributed by atoms with Crippen molar-refractivity contribution in [1.29, 1.82) is 0 Å². The van der Waals surface area contributed by atoms with Crippen LogP contribution < -0.4 is 9.47 Å². The van der Waals surface area contributed by atoms with Gasteiger partial charge in [-0.15, -0.1) is 0 Å². The molecule has 1 aliphatic carbocycles. The van der Waals surface area contributed by atoms with Gasteiger partial charge in [-0.3, -0.25) is 5.10 Å². The maximum atomic E-state index is 5.65. The Hall–Kier alpha value is -3.87. The van der Waals surface area contributed by atoms with Gasteiger partial charge in [-0.1, -0.05) is 53.7 Å². The van der Waals surface area contributed by atoms with E-state index >= 15 is 0 Å². The van der Waals surface area contributed by atoms with Gasteiger partial charge < -0.3 is 14.0 Å². The van der Waals surface area contributed by atoms with Crippen LogP contribution in [0.15, 0.2) is 59.1 Å². The molecule has 0 saturated carbocycles. The van der Waals surface area contributed by atoms with E-state index in [4.69, 9.17) is 14.0 Å². The third-order valence-corrected chi connectivity index (χ3v) is 5.78. The van der Waals surface area contributed by atoms with Crippen molar-refractivity contribution in [3.8, 4) is 23.1 Å². The highest BCUT2D eigenvalue weighted by Gasteiger charge is 2.38. The summed E-state index contributed by atoms with van der Waals surface area (Å²) in [7, 11) is 0. The topological polar surface area (TPSA) is 86.1 Å². The van der Waals surface area contributed by atoms with Gasteiger partial charge in [0, 0.05) is 23.1 Å². The molecule has 0 spiro atoms. The van der Waals surface area contributed by atoms with Gasteiger partial charge in [-0.25, -0.2) is 0 Å². The molecular weight excluding hydrogens is 380 g/mol. The van der Waals surface area contributed by atoms with E-state index < -0.39 is 0 Å². The molecule has 0 amide bonds. The zero-order valence-electron chi connectivity index (χ0n) is 16.3. The van der Waals surface area contributed by atoms with Crippen LogP contribution in [-0.4, -0.2) is 27.1 Å². The fourth-order valence-electron chi connectivity index (χ4n) is 4.29. The number of ether oxygens (including phenoxy) is 2. The van der Waals surface area contributed by atoms with Crippen molar-refractivity contribution >= 4 is 6.08 Å². The molecule has 7 nitrogen and oxygen atoms in total. The fourth-order valence-corrected chi connectivity index (χ4v) is 4.29. The maximum absolute atomic E-state index is 5.65. The predicted octanol–water partition coefficient (Wildman–Crippen LogP) is 4.05. The molecule has 1 N–H and O–H groups in total. The molecule has 4 aromatic rings. The van der Waals surface area contributed by atoms with E-state index in [9.17, 15) is 0 Å². The molecule has 7 heteroatoms. The summed E-state index contributed by atoms with van der Waals surface area (Å²) in [6.07, 6.45) is 5.03. The zero-order chi connectivity index (χ0) is 20.1. The first-order chi connectivity index (χ1) is 14.7. The molecule has 30 heavy (non-hydrogen) atoms. The van der Waals surface area contributed by atoms with Gasteiger partial charge in [-0.2, -0.15) is 10.1 Å². The van der Waals surface area contributed by atoms with Crippen LogP contribution >= 0.6 is 0 Å². The van der Waals surface area contributed by atoms with Gasteiger partial charge >= 0.3 is 0 Å². The largest absolute Gasteiger partial charge is 0.454 e. The number of hydrogen-bond donors (Lipinski definition) is 1. The summed E-state index contributed by atoms with van der Waals surface area (Å²) in [4.78, 5) is 4.33. The lowest BCUT2D eigenvalue weighted by Gasteiger charge is -2.34. The summed E-state index contributed by atoms with van der Waals surface area (Å²) in [5.74, 6) is 2.55. The van der Waals surface area contributed by atoms with E-state index in [0.717, 1.165) is 28.3 Å². The second-order valence-electron chi connectivity index (χ2n) is 7.53. The Morgan fingerprint density at radius 2 is 1.87 bits per heavy atom. The molecule has 0 bridgehead atoms. The van der Waals surface area contributed by atoms with Crippen molar-refractivity contribution in [2.75, 3.05) is 6.79 Å². The van der Waals surface area contributed by atoms with E-state index in [-0.39, 0.29) is 12.2 Å². The van der Waals surface area contributed by atoms with Crippen molar-refractivity contribution in [2.24, 2.45) is 0 Å². The van der Waals surface area contributed by atoms with Gasteiger partial charge in [-0.05, 0) is 30.2 Å². The normalized spacial score (nSPS) is 19.1. The van der Waals surface area contributed by atoms with Crippen molar-refractivity contribution in [2.45, 2.75) is 18.8 Å². The van der Waals surface area contributed by atoms with Gasteiger partial charge in [0.25, 0.3) is 5.89 Å². The fraction of sp³-hybridized carbons (Fsp3) is 0.174. The lowest BCUT2D eigenvalue weighted by molar-refractivity contribution is 0.174. The first-order valence-electron chi connectivity index (χ1n) is 9.76. The van der Waals surface area contributed by atoms with Crippen LogP contribution in [0.5, 0.6) is 11.5 Å². The highest BCUT2D eigenvalue weighted by molar-refractivity contribution is 5.73. The Labute approximate surface area is 172 Å². The second-order valence-corrected chi connectivity index (χ2v) is 7.53. The number of fused-ring (bicyclic) bond motifs is 2. The first-order valence-corrected chi connectivity index (χ1v) is 9.76. The number of aryl methyl sites for hydroxylation is 1. The average Bonchev–Trinajstić information content (AvgIpc) is 3.52. The van der Waals surface area contributed by atoms with Crippen molar-refractivity contribution in [1.82, 2.24) is 20.3 Å². The van der Waals surface area contributed by atoms with Crippen LogP contribution in [0.4, 0.5) is 0 Å². The monoisotopic (exact) mass is 398 g/mol. The van der Waals surface area contributed by atoms with E-state index in [0.29, 0.717) is 23.8 Å². The van der Waals surface area contributed by atoms with E-state index in [1.807, 2.05) is 12.1 Å². The van der Waals surface area contributed by atoms with Gasteiger partial charge in [0.15, 0.2) is 23.0 Å². The van der Waals surface area contributed by atoms with Crippen LogP contribution in [0.25, 0.3) is 17.7 Å². The summed E-state index contributed by atoms with van der Waals surface area (Å²) in [6.45, 7) is 2.05. The molecular formula is C23H18N4O3. The van der Waals surface area contributed by atoms with Gasteiger partial charge in [0.1, 0.15) is 0 Å². The lowest BCUT2D eigenvalue weighted by Crippen LogP contribution is -2.30. The summed E-state index contributed by atoms with van der Waals surface area (Å²) in [6, 6.07) is 16.6. The second kappa shape index (κ2) is 6.32. The molecule has 0 radical (unpaired) electrons. The minimum absolute atomic E-state index is 0.255. The van der Waals surface area contributed by atoms with E-state index in [1.54, 1.807) is 6.92 Å². The Balaban J connectivity index is 1.50. The minimum Gasteiger partial charge on any atom is -0.454 e. The summed E-state index contributed by atoms with van der Waals surface area (Å²) < 4.78 is 16.5. The summed E-state index contributed by atoms with van der Waals surface area (Å²) >= 11 is 0. The number of hydrogen-bond acceptors (Lipinski definition) is 6. The van der Waals surface area contributed by atoms with Crippen LogP contribution in [0.3, 0.4) is 0 Å². The van der Waals surface area contributed by atoms with Crippen LogP contribution in [0.2, 0.25) is 0 Å². The molecule has 0 saturated heterocycles.